The molecule has 3 aromatic heterocycles. The van der Waals surface area contributed by atoms with Gasteiger partial charge in [-0.15, -0.1) is 11.3 Å². The molecule has 0 saturated carbocycles. The molecule has 0 radical (unpaired) electrons. The highest BCUT2D eigenvalue weighted by atomic mass is 32.1. The number of anilines is 5. The minimum absolute atomic E-state index is 0.347. The van der Waals surface area contributed by atoms with Crippen LogP contribution in [0.4, 0.5) is 28.4 Å². The number of primary amides is 1. The summed E-state index contributed by atoms with van der Waals surface area (Å²) in [5.74, 6) is -0.501. The summed E-state index contributed by atoms with van der Waals surface area (Å²) in [6, 6.07) is 24.1. The van der Waals surface area contributed by atoms with Crippen LogP contribution in [0.1, 0.15) is 40.2 Å². The van der Waals surface area contributed by atoms with E-state index in [0.717, 1.165) is 60.9 Å². The molecule has 7 rings (SSSR count). The Bertz CT molecular complexity index is 2120. The Morgan fingerprint density at radius 1 is 0.920 bits per heavy atom. The molecule has 10 nitrogen and oxygen atoms in total. The smallest absolute Gasteiger partial charge is 0.260 e. The van der Waals surface area contributed by atoms with Gasteiger partial charge >= 0.3 is 0 Å². The van der Waals surface area contributed by atoms with Crippen LogP contribution in [0.25, 0.3) is 10.2 Å². The van der Waals surface area contributed by atoms with E-state index in [1.807, 2.05) is 18.3 Å². The molecule has 12 heteroatoms. The lowest BCUT2D eigenvalue weighted by Crippen LogP contribution is -2.52. The number of aromatic nitrogens is 2. The number of nitrogens with zero attached hydrogens (tertiary/aromatic N) is 6. The van der Waals surface area contributed by atoms with Crippen LogP contribution in [0.2, 0.25) is 0 Å². The van der Waals surface area contributed by atoms with Gasteiger partial charge < -0.3 is 36.1 Å². The fraction of sp³-hybridized carbons (Fsp3) is 0.316. The number of aromatic amines is 1. The van der Waals surface area contributed by atoms with Gasteiger partial charge in [0.1, 0.15) is 26.0 Å². The zero-order chi connectivity index (χ0) is 35.5. The quantitative estimate of drug-likeness (QED) is 0.172. The highest BCUT2D eigenvalue weighted by Gasteiger charge is 2.28. The summed E-state index contributed by atoms with van der Waals surface area (Å²) in [4.78, 5) is 29.6. The van der Waals surface area contributed by atoms with Gasteiger partial charge in [-0.3, -0.25) is 4.79 Å². The maximum Gasteiger partial charge on any atom is 0.260 e. The number of nitriles is 1. The number of amides is 1. The van der Waals surface area contributed by atoms with E-state index in [1.165, 1.54) is 33.8 Å². The molecule has 2 saturated heterocycles. The normalized spacial score (nSPS) is 17.7. The first-order chi connectivity index (χ1) is 24.0. The van der Waals surface area contributed by atoms with Gasteiger partial charge in [-0.25, -0.2) is 4.98 Å². The summed E-state index contributed by atoms with van der Waals surface area (Å²) < 4.78 is 0.513. The minimum Gasteiger partial charge on any atom is -0.397 e. The predicted octanol–water partition coefficient (Wildman–Crippen LogP) is 6.64. The highest BCUT2D eigenvalue weighted by Crippen LogP contribution is 2.39. The lowest BCUT2D eigenvalue weighted by atomic mass is 10.1. The summed E-state index contributed by atoms with van der Waals surface area (Å²) in [5, 5.41) is 10.2. The number of fused-ring (bicyclic) bond motifs is 1. The van der Waals surface area contributed by atoms with Crippen molar-refractivity contribution in [1.29, 1.82) is 5.26 Å². The Labute approximate surface area is 302 Å². The average molecular weight is 706 g/mol. The van der Waals surface area contributed by atoms with E-state index in [1.54, 1.807) is 6.20 Å². The summed E-state index contributed by atoms with van der Waals surface area (Å²) in [6.45, 7) is 14.0. The standard InChI is InChI=1S/C20H23N5OS.C18H20N4S/c1-12-4-3-5-14(10-12)25-9-8-24(11-13(25)2)15-6-7-23-20-16(15)17(21)18(27-20)19(22)26;1-13-4-3-5-15(10-13)22-9-8-21(12-14(22)2)17-6-7-20-18(23)16(17)11-19/h3-7,10,13H,8-9,11,21H2,1-2H3,(H2,22,26);3-7,10,14H,8-9,12H2,1-2H3,(H,20,23). The topological polar surface area (TPSA) is 135 Å². The summed E-state index contributed by atoms with van der Waals surface area (Å²) >= 11 is 6.50. The minimum atomic E-state index is -0.501. The third-order valence-electron chi connectivity index (χ3n) is 9.48. The molecule has 5 N–H and O–H groups in total. The van der Waals surface area contributed by atoms with Crippen LogP contribution in [-0.4, -0.2) is 67.2 Å². The fourth-order valence-corrected chi connectivity index (χ4v) is 8.20. The lowest BCUT2D eigenvalue weighted by Gasteiger charge is -2.42. The summed E-state index contributed by atoms with van der Waals surface area (Å²) in [6.07, 6.45) is 3.59. The number of carbonyl (C=O) groups excluding carboxylic acids is 1. The first-order valence-corrected chi connectivity index (χ1v) is 18.0. The van der Waals surface area contributed by atoms with Crippen molar-refractivity contribution in [3.8, 4) is 6.07 Å². The molecule has 5 heterocycles. The lowest BCUT2D eigenvalue weighted by molar-refractivity contribution is 0.100. The Hall–Kier alpha value is -5.12. The Morgan fingerprint density at radius 2 is 1.50 bits per heavy atom. The molecular weight excluding hydrogens is 663 g/mol. The molecule has 2 atom stereocenters. The van der Waals surface area contributed by atoms with Crippen LogP contribution in [0.15, 0.2) is 73.1 Å². The van der Waals surface area contributed by atoms with Crippen molar-refractivity contribution in [2.24, 2.45) is 5.73 Å². The van der Waals surface area contributed by atoms with Crippen molar-refractivity contribution in [1.82, 2.24) is 9.97 Å². The second kappa shape index (κ2) is 14.8. The molecule has 0 spiro atoms. The maximum absolute atomic E-state index is 11.7. The van der Waals surface area contributed by atoms with Crippen molar-refractivity contribution in [3.63, 3.8) is 0 Å². The molecular formula is C38H43N9OS2. The first-order valence-electron chi connectivity index (χ1n) is 16.8. The van der Waals surface area contributed by atoms with E-state index < -0.39 is 5.91 Å². The number of pyridine rings is 2. The van der Waals surface area contributed by atoms with Crippen LogP contribution in [0.3, 0.4) is 0 Å². The zero-order valence-electron chi connectivity index (χ0n) is 28.9. The molecule has 0 bridgehead atoms. The highest BCUT2D eigenvalue weighted by molar-refractivity contribution is 7.71. The van der Waals surface area contributed by atoms with Crippen LogP contribution >= 0.6 is 23.6 Å². The van der Waals surface area contributed by atoms with Gasteiger partial charge in [-0.1, -0.05) is 36.5 Å². The molecule has 258 valence electrons. The number of nitrogens with one attached hydrogen (secondary N) is 1. The van der Waals surface area contributed by atoms with E-state index in [2.05, 4.69) is 112 Å². The van der Waals surface area contributed by atoms with Crippen LogP contribution in [-0.2, 0) is 0 Å². The molecule has 5 aromatic rings. The van der Waals surface area contributed by atoms with E-state index in [-0.39, 0.29) is 0 Å². The molecule has 2 unspecified atom stereocenters. The average Bonchev–Trinajstić information content (AvgIpc) is 3.45. The number of hydrogen-bond donors (Lipinski definition) is 3. The number of benzene rings is 2. The first kappa shape index (κ1) is 34.7. The molecule has 1 amide bonds. The van der Waals surface area contributed by atoms with Gasteiger partial charge in [-0.05, 0) is 75.2 Å². The molecule has 50 heavy (non-hydrogen) atoms. The largest absolute Gasteiger partial charge is 0.397 e. The number of nitrogens with two attached hydrogens (primary N) is 2. The summed E-state index contributed by atoms with van der Waals surface area (Å²) in [7, 11) is 0. The monoisotopic (exact) mass is 705 g/mol. The van der Waals surface area contributed by atoms with Gasteiger partial charge in [0.2, 0.25) is 0 Å². The third-order valence-corrected chi connectivity index (χ3v) is 10.9. The van der Waals surface area contributed by atoms with Gasteiger partial charge in [-0.2, -0.15) is 5.26 Å². The van der Waals surface area contributed by atoms with Crippen LogP contribution < -0.4 is 31.1 Å². The number of hydrogen-bond acceptors (Lipinski definition) is 10. The van der Waals surface area contributed by atoms with E-state index in [4.69, 9.17) is 23.7 Å². The number of H-pyrrole nitrogens is 1. The number of aryl methyl sites for hydroxylation is 2. The van der Waals surface area contributed by atoms with E-state index in [9.17, 15) is 10.1 Å². The number of thiophene rings is 1. The van der Waals surface area contributed by atoms with Crippen molar-refractivity contribution in [2.75, 3.05) is 64.6 Å². The van der Waals surface area contributed by atoms with E-state index in [0.29, 0.717) is 32.9 Å². The predicted molar refractivity (Wildman–Crippen MR) is 209 cm³/mol. The fourth-order valence-electron chi connectivity index (χ4n) is 7.05. The second-order valence-electron chi connectivity index (χ2n) is 13.1. The van der Waals surface area contributed by atoms with Gasteiger partial charge in [0.05, 0.1) is 22.4 Å². The Balaban J connectivity index is 0.000000175. The zero-order valence-corrected chi connectivity index (χ0v) is 30.5. The van der Waals surface area contributed by atoms with Gasteiger partial charge in [0, 0.05) is 75.1 Å². The maximum atomic E-state index is 11.7. The molecule has 2 aliphatic rings. The van der Waals surface area contributed by atoms with Crippen molar-refractivity contribution >= 4 is 68.1 Å². The molecule has 2 aliphatic heterocycles. The van der Waals surface area contributed by atoms with Crippen LogP contribution in [0, 0.1) is 29.8 Å². The number of carbonyl (C=O) groups is 1. The molecule has 2 aromatic carbocycles. The van der Waals surface area contributed by atoms with Crippen molar-refractivity contribution in [2.45, 2.75) is 39.8 Å². The Kier molecular flexibility index (Phi) is 10.3. The number of rotatable bonds is 5. The SMILES string of the molecule is Cc1cccc(N2CCN(c3cc[nH]c(=S)c3C#N)CC2C)c1.Cc1cccc(N2CCN(c3ccnc4sc(C(N)=O)c(N)c34)CC2C)c1. The molecule has 2 fully saturated rings. The van der Waals surface area contributed by atoms with Crippen molar-refractivity contribution in [3.05, 3.63) is 99.3 Å². The van der Waals surface area contributed by atoms with E-state index >= 15 is 0 Å². The number of piperazine rings is 2. The van der Waals surface area contributed by atoms with Gasteiger partial charge in [0.25, 0.3) is 5.91 Å². The van der Waals surface area contributed by atoms with Crippen molar-refractivity contribution < 1.29 is 4.79 Å². The molecule has 0 aliphatic carbocycles. The van der Waals surface area contributed by atoms with Crippen LogP contribution in [0.5, 0.6) is 0 Å². The second-order valence-corrected chi connectivity index (χ2v) is 14.5. The van der Waals surface area contributed by atoms with Gasteiger partial charge in [0.15, 0.2) is 0 Å². The summed E-state index contributed by atoms with van der Waals surface area (Å²) in [5.41, 5.74) is 19.8. The Morgan fingerprint density at radius 3 is 2.02 bits per heavy atom. The number of nitrogen functional groups attached to an aromatic ring is 1. The third kappa shape index (κ3) is 7.11.